The van der Waals surface area contributed by atoms with E-state index < -0.39 is 17.5 Å². The monoisotopic (exact) mass is 370 g/mol. The first-order valence-electron chi connectivity index (χ1n) is 9.61. The number of benzene rings is 2. The first-order chi connectivity index (χ1) is 13.1. The van der Waals surface area contributed by atoms with Crippen LogP contribution >= 0.6 is 0 Å². The Bertz CT molecular complexity index is 793. The molecule has 0 saturated heterocycles. The molecular formula is C24H25F3. The zero-order valence-electron chi connectivity index (χ0n) is 15.6. The van der Waals surface area contributed by atoms with Gasteiger partial charge in [0.1, 0.15) is 5.82 Å². The van der Waals surface area contributed by atoms with Crippen molar-refractivity contribution in [2.45, 2.75) is 44.9 Å². The van der Waals surface area contributed by atoms with E-state index in [2.05, 4.69) is 19.1 Å². The Morgan fingerprint density at radius 2 is 1.37 bits per heavy atom. The van der Waals surface area contributed by atoms with Gasteiger partial charge in [0.05, 0.1) is 0 Å². The van der Waals surface area contributed by atoms with Crippen LogP contribution in [0.1, 0.15) is 61.6 Å². The Morgan fingerprint density at radius 1 is 0.852 bits per heavy atom. The van der Waals surface area contributed by atoms with Crippen LogP contribution in [-0.2, 0) is 0 Å². The van der Waals surface area contributed by atoms with Crippen molar-refractivity contribution in [2.24, 2.45) is 5.92 Å². The SMILES string of the molecule is C/C=C/CC1CCC(c2ccc(C(F)=C(F)c3ccc(F)cc3)cc2)CC1. The fourth-order valence-electron chi connectivity index (χ4n) is 3.81. The maximum atomic E-state index is 14.5. The Kier molecular flexibility index (Phi) is 6.54. The summed E-state index contributed by atoms with van der Waals surface area (Å²) in [7, 11) is 0. The van der Waals surface area contributed by atoms with Crippen molar-refractivity contribution in [2.75, 3.05) is 0 Å². The largest absolute Gasteiger partial charge is 0.207 e. The van der Waals surface area contributed by atoms with Crippen LogP contribution in [0.4, 0.5) is 13.2 Å². The molecule has 0 spiro atoms. The van der Waals surface area contributed by atoms with E-state index in [0.29, 0.717) is 5.92 Å². The van der Waals surface area contributed by atoms with Crippen LogP contribution < -0.4 is 0 Å². The summed E-state index contributed by atoms with van der Waals surface area (Å²) in [5.41, 5.74) is 1.44. The molecule has 0 amide bonds. The van der Waals surface area contributed by atoms with Crippen molar-refractivity contribution < 1.29 is 13.2 Å². The lowest BCUT2D eigenvalue weighted by atomic mass is 9.77. The van der Waals surface area contributed by atoms with Crippen molar-refractivity contribution in [3.63, 3.8) is 0 Å². The third-order valence-electron chi connectivity index (χ3n) is 5.48. The second-order valence-corrected chi connectivity index (χ2v) is 7.28. The molecular weight excluding hydrogens is 345 g/mol. The van der Waals surface area contributed by atoms with E-state index >= 15 is 0 Å². The molecule has 1 saturated carbocycles. The molecule has 0 N–H and O–H groups in total. The number of hydrogen-bond acceptors (Lipinski definition) is 0. The van der Waals surface area contributed by atoms with Crippen molar-refractivity contribution in [1.29, 1.82) is 0 Å². The van der Waals surface area contributed by atoms with Crippen molar-refractivity contribution >= 4 is 11.7 Å². The van der Waals surface area contributed by atoms with E-state index in [1.54, 1.807) is 12.1 Å². The van der Waals surface area contributed by atoms with Gasteiger partial charge in [-0.15, -0.1) is 0 Å². The number of hydrogen-bond donors (Lipinski definition) is 0. The van der Waals surface area contributed by atoms with E-state index in [-0.39, 0.29) is 11.1 Å². The Labute approximate surface area is 159 Å². The molecule has 1 aliphatic rings. The van der Waals surface area contributed by atoms with Crippen LogP contribution in [0, 0.1) is 11.7 Å². The molecule has 2 aromatic rings. The third kappa shape index (κ3) is 4.91. The third-order valence-corrected chi connectivity index (χ3v) is 5.48. The van der Waals surface area contributed by atoms with Gasteiger partial charge >= 0.3 is 0 Å². The highest BCUT2D eigenvalue weighted by molar-refractivity contribution is 5.83. The molecule has 0 radical (unpaired) electrons. The molecule has 0 bridgehead atoms. The lowest BCUT2D eigenvalue weighted by Crippen LogP contribution is -2.12. The van der Waals surface area contributed by atoms with Crippen molar-refractivity contribution in [1.82, 2.24) is 0 Å². The Balaban J connectivity index is 1.68. The predicted octanol–water partition coefficient (Wildman–Crippen LogP) is 7.83. The number of halogens is 3. The fourth-order valence-corrected chi connectivity index (χ4v) is 3.81. The van der Waals surface area contributed by atoms with Gasteiger partial charge in [-0.05, 0) is 80.7 Å². The van der Waals surface area contributed by atoms with Crippen LogP contribution in [0.3, 0.4) is 0 Å². The molecule has 1 aliphatic carbocycles. The Morgan fingerprint density at radius 3 is 1.89 bits per heavy atom. The lowest BCUT2D eigenvalue weighted by molar-refractivity contribution is 0.328. The minimum Gasteiger partial charge on any atom is -0.207 e. The van der Waals surface area contributed by atoms with Gasteiger partial charge in [0.25, 0.3) is 0 Å². The van der Waals surface area contributed by atoms with Gasteiger partial charge in [0, 0.05) is 11.1 Å². The lowest BCUT2D eigenvalue weighted by Gasteiger charge is -2.28. The maximum Gasteiger partial charge on any atom is 0.166 e. The minimum absolute atomic E-state index is 0.0393. The normalized spacial score (nSPS) is 21.3. The zero-order valence-corrected chi connectivity index (χ0v) is 15.6. The second kappa shape index (κ2) is 9.07. The molecule has 2 aromatic carbocycles. The second-order valence-electron chi connectivity index (χ2n) is 7.28. The molecule has 0 aromatic heterocycles. The van der Waals surface area contributed by atoms with Crippen molar-refractivity contribution in [3.05, 3.63) is 83.2 Å². The first kappa shape index (κ1) is 19.5. The molecule has 0 heterocycles. The van der Waals surface area contributed by atoms with E-state index in [9.17, 15) is 13.2 Å². The molecule has 0 nitrogen and oxygen atoms in total. The molecule has 0 aliphatic heterocycles. The van der Waals surface area contributed by atoms with E-state index in [4.69, 9.17) is 0 Å². The smallest absolute Gasteiger partial charge is 0.166 e. The highest BCUT2D eigenvalue weighted by Crippen LogP contribution is 2.38. The molecule has 0 atom stereocenters. The molecule has 1 fully saturated rings. The summed E-state index contributed by atoms with van der Waals surface area (Å²) in [6, 6.07) is 11.8. The molecule has 142 valence electrons. The van der Waals surface area contributed by atoms with Crippen molar-refractivity contribution in [3.8, 4) is 0 Å². The van der Waals surface area contributed by atoms with E-state index in [1.165, 1.54) is 30.5 Å². The van der Waals surface area contributed by atoms with Gasteiger partial charge in [0.15, 0.2) is 11.7 Å². The van der Waals surface area contributed by atoms with Gasteiger partial charge in [-0.3, -0.25) is 0 Å². The maximum absolute atomic E-state index is 14.5. The number of allylic oxidation sites excluding steroid dienone is 2. The van der Waals surface area contributed by atoms with Crippen LogP contribution in [-0.4, -0.2) is 0 Å². The quantitative estimate of drug-likeness (QED) is 0.371. The summed E-state index contributed by atoms with van der Waals surface area (Å²) in [6.45, 7) is 2.06. The van der Waals surface area contributed by atoms with Gasteiger partial charge < -0.3 is 0 Å². The van der Waals surface area contributed by atoms with Gasteiger partial charge in [-0.1, -0.05) is 36.4 Å². The summed E-state index contributed by atoms with van der Waals surface area (Å²) in [5.74, 6) is -1.09. The molecule has 3 rings (SSSR count). The zero-order chi connectivity index (χ0) is 19.2. The summed E-state index contributed by atoms with van der Waals surface area (Å²) in [4.78, 5) is 0. The highest BCUT2D eigenvalue weighted by Gasteiger charge is 2.22. The fraction of sp³-hybridized carbons (Fsp3) is 0.333. The topological polar surface area (TPSA) is 0 Å². The van der Waals surface area contributed by atoms with Gasteiger partial charge in [-0.25, -0.2) is 13.2 Å². The van der Waals surface area contributed by atoms with Crippen LogP contribution in [0.5, 0.6) is 0 Å². The van der Waals surface area contributed by atoms with Gasteiger partial charge in [0.2, 0.25) is 0 Å². The number of rotatable bonds is 5. The van der Waals surface area contributed by atoms with E-state index in [0.717, 1.165) is 37.3 Å². The average Bonchev–Trinajstić information content (AvgIpc) is 2.72. The standard InChI is InChI=1S/C24H25F3/c1-2-3-4-17-5-7-18(8-6-17)19-9-11-20(12-10-19)23(26)24(27)21-13-15-22(25)16-14-21/h2-3,9-18H,4-8H2,1H3/b3-2+,24-23?. The first-order valence-corrected chi connectivity index (χ1v) is 9.61. The summed E-state index contributed by atoms with van der Waals surface area (Å²) >= 11 is 0. The van der Waals surface area contributed by atoms with Crippen LogP contribution in [0.15, 0.2) is 60.7 Å². The van der Waals surface area contributed by atoms with Crippen LogP contribution in [0.2, 0.25) is 0 Å². The van der Waals surface area contributed by atoms with Gasteiger partial charge in [-0.2, -0.15) is 0 Å². The molecule has 3 heteroatoms. The highest BCUT2D eigenvalue weighted by atomic mass is 19.2. The molecule has 27 heavy (non-hydrogen) atoms. The van der Waals surface area contributed by atoms with E-state index in [1.807, 2.05) is 12.1 Å². The summed E-state index contributed by atoms with van der Waals surface area (Å²) in [5, 5.41) is 0. The predicted molar refractivity (Wildman–Crippen MR) is 106 cm³/mol. The summed E-state index contributed by atoms with van der Waals surface area (Å²) in [6.07, 6.45) is 10.2. The minimum atomic E-state index is -0.966. The van der Waals surface area contributed by atoms with Crippen LogP contribution in [0.25, 0.3) is 11.7 Å². The summed E-state index contributed by atoms with van der Waals surface area (Å²) < 4.78 is 41.7. The molecule has 0 unspecified atom stereocenters. The Hall–Kier alpha value is -2.29. The average molecular weight is 370 g/mol.